The van der Waals surface area contributed by atoms with E-state index in [4.69, 9.17) is 12.2 Å². The molecule has 1 aromatic rings. The molecule has 0 saturated carbocycles. The van der Waals surface area contributed by atoms with Crippen molar-refractivity contribution in [3.05, 3.63) is 48.5 Å². The number of hydrogen-bond donors (Lipinski definition) is 0. The third-order valence-electron chi connectivity index (χ3n) is 3.35. The van der Waals surface area contributed by atoms with Crippen molar-refractivity contribution in [2.24, 2.45) is 0 Å². The molecular weight excluding hydrogens is 369 g/mol. The van der Waals surface area contributed by atoms with Crippen LogP contribution in [0.2, 0.25) is 0 Å². The van der Waals surface area contributed by atoms with Crippen molar-refractivity contribution in [1.82, 2.24) is 0 Å². The molecule has 0 aliphatic carbocycles. The highest BCUT2D eigenvalue weighted by Crippen LogP contribution is 2.42. The van der Waals surface area contributed by atoms with Crippen LogP contribution in [0.15, 0.2) is 6.07 Å². The average molecular weight is 378 g/mol. The second kappa shape index (κ2) is 7.01. The summed E-state index contributed by atoms with van der Waals surface area (Å²) in [5.41, 5.74) is -5.69. The smallest absolute Gasteiger partial charge is 0.298 e. The van der Waals surface area contributed by atoms with Gasteiger partial charge in [-0.15, -0.1) is 0 Å². The van der Waals surface area contributed by atoms with Gasteiger partial charge in [0.15, 0.2) is 6.29 Å². The Morgan fingerprint density at radius 2 is 1.84 bits per heavy atom. The van der Waals surface area contributed by atoms with Gasteiger partial charge in [-0.1, -0.05) is 12.2 Å². The van der Waals surface area contributed by atoms with E-state index in [9.17, 15) is 43.0 Å². The number of benzene rings is 1. The van der Waals surface area contributed by atoms with E-state index in [0.717, 1.165) is 13.8 Å². The fourth-order valence-electron chi connectivity index (χ4n) is 2.24. The molecule has 1 rings (SSSR count). The minimum absolute atomic E-state index is 0.354. The number of carbonyl (C=O) groups is 2. The highest BCUT2D eigenvalue weighted by Gasteiger charge is 2.43. The van der Waals surface area contributed by atoms with Crippen LogP contribution in [-0.2, 0) is 11.0 Å². The third kappa shape index (κ3) is 3.84. The predicted molar refractivity (Wildman–Crippen MR) is 81.3 cm³/mol. The standard InChI is InChI=1S/C13H9F3N2O6S/c1-5(12(20)18(23)24)7-3-8(6(2)25)10(13(14,15)16)9(4-19)11(7)17(21)22/h3-5H,1-2H3. The van der Waals surface area contributed by atoms with E-state index in [-0.39, 0.29) is 11.2 Å². The molecule has 25 heavy (non-hydrogen) atoms. The van der Waals surface area contributed by atoms with Gasteiger partial charge in [0.25, 0.3) is 5.69 Å². The van der Waals surface area contributed by atoms with Gasteiger partial charge in [-0.05, 0) is 19.9 Å². The van der Waals surface area contributed by atoms with Crippen LogP contribution in [0.1, 0.15) is 46.8 Å². The highest BCUT2D eigenvalue weighted by molar-refractivity contribution is 7.80. The van der Waals surface area contributed by atoms with Gasteiger partial charge in [-0.25, -0.2) is 4.79 Å². The second-order valence-corrected chi connectivity index (χ2v) is 5.51. The van der Waals surface area contributed by atoms with Gasteiger partial charge in [0.05, 0.1) is 10.5 Å². The van der Waals surface area contributed by atoms with E-state index < -0.39 is 55.8 Å². The summed E-state index contributed by atoms with van der Waals surface area (Å²) >= 11 is 4.69. The van der Waals surface area contributed by atoms with Gasteiger partial charge >= 0.3 is 12.1 Å². The molecule has 134 valence electrons. The monoisotopic (exact) mass is 378 g/mol. The molecule has 0 aliphatic rings. The second-order valence-electron chi connectivity index (χ2n) is 4.90. The number of aldehydes is 1. The molecule has 0 heterocycles. The Morgan fingerprint density at radius 1 is 1.32 bits per heavy atom. The Hall–Kier alpha value is -2.76. The van der Waals surface area contributed by atoms with Gasteiger partial charge in [0.2, 0.25) is 0 Å². The first-order valence-corrected chi connectivity index (χ1v) is 6.82. The first-order valence-electron chi connectivity index (χ1n) is 6.41. The normalized spacial score (nSPS) is 12.4. The first kappa shape index (κ1) is 20.3. The number of rotatable bonds is 5. The Morgan fingerprint density at radius 3 is 2.16 bits per heavy atom. The van der Waals surface area contributed by atoms with Crippen molar-refractivity contribution in [3.8, 4) is 0 Å². The third-order valence-corrected chi connectivity index (χ3v) is 3.57. The Kier molecular flexibility index (Phi) is 5.69. The van der Waals surface area contributed by atoms with Gasteiger partial charge in [0.1, 0.15) is 16.4 Å². The molecule has 0 fully saturated rings. The van der Waals surface area contributed by atoms with E-state index in [2.05, 4.69) is 0 Å². The molecule has 1 aromatic carbocycles. The minimum atomic E-state index is -5.15. The van der Waals surface area contributed by atoms with Crippen molar-refractivity contribution >= 4 is 35.0 Å². The number of nitrogens with zero attached hydrogens (tertiary/aromatic N) is 2. The summed E-state index contributed by atoms with van der Waals surface area (Å²) in [5.74, 6) is -3.43. The molecule has 0 spiro atoms. The maximum absolute atomic E-state index is 13.3. The van der Waals surface area contributed by atoms with E-state index in [1.165, 1.54) is 0 Å². The Labute approximate surface area is 142 Å². The van der Waals surface area contributed by atoms with Crippen LogP contribution >= 0.6 is 12.2 Å². The maximum Gasteiger partial charge on any atom is 0.451 e. The molecule has 0 N–H and O–H groups in total. The van der Waals surface area contributed by atoms with E-state index in [1.54, 1.807) is 0 Å². The van der Waals surface area contributed by atoms with Crippen molar-refractivity contribution in [2.75, 3.05) is 0 Å². The molecule has 1 unspecified atom stereocenters. The van der Waals surface area contributed by atoms with Crippen LogP contribution in [0.4, 0.5) is 18.9 Å². The lowest BCUT2D eigenvalue weighted by atomic mass is 9.88. The summed E-state index contributed by atoms with van der Waals surface area (Å²) in [6.45, 7) is 2.00. The predicted octanol–water partition coefficient (Wildman–Crippen LogP) is 3.07. The lowest BCUT2D eigenvalue weighted by molar-refractivity contribution is -0.405. The van der Waals surface area contributed by atoms with Crippen LogP contribution in [0, 0.1) is 20.2 Å². The number of nitro benzene ring substituents is 1. The average Bonchev–Trinajstić information content (AvgIpc) is 2.49. The molecular formula is C13H9F3N2O6S. The molecule has 12 heteroatoms. The van der Waals surface area contributed by atoms with E-state index >= 15 is 0 Å². The zero-order chi connectivity index (χ0) is 19.7. The van der Waals surface area contributed by atoms with Crippen LogP contribution in [-0.4, -0.2) is 26.9 Å². The zero-order valence-electron chi connectivity index (χ0n) is 12.6. The van der Waals surface area contributed by atoms with Crippen LogP contribution in [0.5, 0.6) is 0 Å². The van der Waals surface area contributed by atoms with E-state index in [0.29, 0.717) is 6.07 Å². The van der Waals surface area contributed by atoms with Gasteiger partial charge in [-0.2, -0.15) is 13.2 Å². The number of hydrogen-bond acceptors (Lipinski definition) is 7. The quantitative estimate of drug-likeness (QED) is 0.254. The fraction of sp³-hybridized carbons (Fsp3) is 0.308. The lowest BCUT2D eigenvalue weighted by Crippen LogP contribution is -2.23. The molecule has 0 aliphatic heterocycles. The summed E-state index contributed by atoms with van der Waals surface area (Å²) in [4.78, 5) is 41.5. The summed E-state index contributed by atoms with van der Waals surface area (Å²) < 4.78 is 39.9. The van der Waals surface area contributed by atoms with Gasteiger partial charge < -0.3 is 0 Å². The molecule has 0 radical (unpaired) electrons. The Bertz CT molecular complexity index is 806. The topological polar surface area (TPSA) is 120 Å². The largest absolute Gasteiger partial charge is 0.451 e. The number of carbonyl (C=O) groups excluding carboxylic acids is 2. The molecule has 8 nitrogen and oxygen atoms in total. The summed E-state index contributed by atoms with van der Waals surface area (Å²) in [7, 11) is 0. The molecule has 1 atom stereocenters. The van der Waals surface area contributed by atoms with E-state index in [1.807, 2.05) is 0 Å². The van der Waals surface area contributed by atoms with Crippen LogP contribution in [0.3, 0.4) is 0 Å². The van der Waals surface area contributed by atoms with Crippen molar-refractivity contribution in [1.29, 1.82) is 0 Å². The first-order chi connectivity index (χ1) is 11.3. The minimum Gasteiger partial charge on any atom is -0.298 e. The summed E-state index contributed by atoms with van der Waals surface area (Å²) in [5, 5.41) is 21.8. The highest BCUT2D eigenvalue weighted by atomic mass is 32.1. The number of amides is 1. The molecule has 0 saturated heterocycles. The SMILES string of the molecule is CC(=S)c1cc(C(C)C(=O)[N+](=O)[O-])c([N+](=O)[O-])c(C=O)c1C(F)(F)F. The van der Waals surface area contributed by atoms with Gasteiger partial charge in [-0.3, -0.25) is 25.0 Å². The van der Waals surface area contributed by atoms with Crippen molar-refractivity contribution in [2.45, 2.75) is 25.9 Å². The number of thiocarbonyl (C=S) groups is 1. The zero-order valence-corrected chi connectivity index (χ0v) is 13.4. The number of alkyl halides is 3. The lowest BCUT2D eigenvalue weighted by Gasteiger charge is -2.18. The van der Waals surface area contributed by atoms with Gasteiger partial charge in [0, 0.05) is 16.0 Å². The van der Waals surface area contributed by atoms with Crippen LogP contribution in [0.25, 0.3) is 0 Å². The summed E-state index contributed by atoms with van der Waals surface area (Å²) in [6.07, 6.45) is -5.53. The molecule has 0 aromatic heterocycles. The molecule has 1 amide bonds. The Balaban J connectivity index is 4.05. The van der Waals surface area contributed by atoms with Crippen LogP contribution < -0.4 is 0 Å². The maximum atomic E-state index is 13.3. The molecule has 0 bridgehead atoms. The number of nitro groups is 2. The van der Waals surface area contributed by atoms with Crippen molar-refractivity contribution in [3.63, 3.8) is 0 Å². The summed E-state index contributed by atoms with van der Waals surface area (Å²) in [6, 6.07) is 0.600. The number of halogens is 3. The van der Waals surface area contributed by atoms with Crippen molar-refractivity contribution < 1.29 is 32.6 Å². The fourth-order valence-corrected chi connectivity index (χ4v) is 2.40.